The monoisotopic (exact) mass is 314 g/mol. The first-order valence-electron chi connectivity index (χ1n) is 7.25. The molecule has 1 rings (SSSR count). The summed E-state index contributed by atoms with van der Waals surface area (Å²) < 4.78 is 0. The summed E-state index contributed by atoms with van der Waals surface area (Å²) in [5.41, 5.74) is 5.48. The minimum Gasteiger partial charge on any atom is -0.396 e. The highest BCUT2D eigenvalue weighted by Crippen LogP contribution is 2.24. The minimum atomic E-state index is -0.297. The van der Waals surface area contributed by atoms with Crippen LogP contribution in [0.1, 0.15) is 40.0 Å². The summed E-state index contributed by atoms with van der Waals surface area (Å²) in [6, 6.07) is -0.237. The quantitative estimate of drug-likeness (QED) is 0.538. The number of nitrogens with zero attached hydrogens (tertiary/aromatic N) is 2. The fraction of sp³-hybridized carbons (Fsp3) is 0.786. The SMILES string of the molecule is CC(C)(C)C(=N)SC(N)=NC(=O)C1CCCN1CCCO. The molecule has 120 valence electrons. The molecule has 1 atom stereocenters. The van der Waals surface area contributed by atoms with E-state index in [0.29, 0.717) is 18.0 Å². The number of aliphatic hydroxyl groups is 1. The summed E-state index contributed by atoms with van der Waals surface area (Å²) in [6.07, 6.45) is 2.40. The molecule has 0 bridgehead atoms. The number of carbonyl (C=O) groups excluding carboxylic acids is 1. The molecule has 6 nitrogen and oxygen atoms in total. The molecule has 0 aromatic heterocycles. The van der Waals surface area contributed by atoms with Crippen LogP contribution in [-0.2, 0) is 4.79 Å². The van der Waals surface area contributed by atoms with Gasteiger partial charge in [-0.1, -0.05) is 20.8 Å². The van der Waals surface area contributed by atoms with E-state index in [4.69, 9.17) is 16.2 Å². The lowest BCUT2D eigenvalue weighted by atomic mass is 9.99. The smallest absolute Gasteiger partial charge is 0.265 e. The number of likely N-dealkylation sites (tertiary alicyclic amines) is 1. The van der Waals surface area contributed by atoms with Crippen LogP contribution in [0.4, 0.5) is 0 Å². The van der Waals surface area contributed by atoms with Crippen molar-refractivity contribution in [1.29, 1.82) is 5.41 Å². The average Bonchev–Trinajstić information content (AvgIpc) is 2.83. The number of aliphatic imine (C=N–C) groups is 1. The summed E-state index contributed by atoms with van der Waals surface area (Å²) in [4.78, 5) is 18.2. The summed E-state index contributed by atoms with van der Waals surface area (Å²) in [7, 11) is 0. The third-order valence-corrected chi connectivity index (χ3v) is 4.48. The molecule has 1 aliphatic heterocycles. The Morgan fingerprint density at radius 2 is 2.19 bits per heavy atom. The first-order chi connectivity index (χ1) is 9.75. The zero-order chi connectivity index (χ0) is 16.0. The highest BCUT2D eigenvalue weighted by Gasteiger charge is 2.30. The normalized spacial score (nSPS) is 20.8. The van der Waals surface area contributed by atoms with Crippen molar-refractivity contribution in [3.8, 4) is 0 Å². The Balaban J connectivity index is 2.61. The van der Waals surface area contributed by atoms with Crippen LogP contribution in [0.5, 0.6) is 0 Å². The fourth-order valence-electron chi connectivity index (χ4n) is 2.11. The second-order valence-electron chi connectivity index (χ2n) is 6.24. The topological polar surface area (TPSA) is 103 Å². The van der Waals surface area contributed by atoms with Gasteiger partial charge in [-0.2, -0.15) is 4.99 Å². The van der Waals surface area contributed by atoms with E-state index in [0.717, 1.165) is 31.1 Å². The summed E-state index contributed by atoms with van der Waals surface area (Å²) in [5, 5.41) is 17.3. The molecule has 1 aliphatic rings. The summed E-state index contributed by atoms with van der Waals surface area (Å²) >= 11 is 1.04. The number of hydrogen-bond donors (Lipinski definition) is 3. The van der Waals surface area contributed by atoms with E-state index < -0.39 is 0 Å². The number of hydrogen-bond acceptors (Lipinski definition) is 5. The van der Waals surface area contributed by atoms with Crippen molar-refractivity contribution < 1.29 is 9.90 Å². The van der Waals surface area contributed by atoms with Crippen molar-refractivity contribution in [2.45, 2.75) is 46.1 Å². The van der Waals surface area contributed by atoms with Gasteiger partial charge in [0.15, 0.2) is 5.17 Å². The van der Waals surface area contributed by atoms with Crippen LogP contribution in [0, 0.1) is 10.8 Å². The van der Waals surface area contributed by atoms with E-state index in [-0.39, 0.29) is 29.1 Å². The second-order valence-corrected chi connectivity index (χ2v) is 7.27. The van der Waals surface area contributed by atoms with Gasteiger partial charge < -0.3 is 10.8 Å². The van der Waals surface area contributed by atoms with Crippen LogP contribution in [0.2, 0.25) is 0 Å². The van der Waals surface area contributed by atoms with Crippen molar-refractivity contribution in [1.82, 2.24) is 4.90 Å². The van der Waals surface area contributed by atoms with E-state index in [2.05, 4.69) is 9.89 Å². The lowest BCUT2D eigenvalue weighted by molar-refractivity contribution is -0.122. The number of amides is 1. The van der Waals surface area contributed by atoms with E-state index >= 15 is 0 Å². The maximum Gasteiger partial charge on any atom is 0.265 e. The summed E-state index contributed by atoms with van der Waals surface area (Å²) in [6.45, 7) is 7.45. The zero-order valence-corrected chi connectivity index (χ0v) is 13.9. The predicted octanol–water partition coefficient (Wildman–Crippen LogP) is 1.43. The number of rotatable bonds is 4. The fourth-order valence-corrected chi connectivity index (χ4v) is 2.76. The van der Waals surface area contributed by atoms with Crippen LogP contribution in [0.25, 0.3) is 0 Å². The van der Waals surface area contributed by atoms with E-state index in [1.54, 1.807) is 0 Å². The number of thioether (sulfide) groups is 1. The highest BCUT2D eigenvalue weighted by molar-refractivity contribution is 8.26. The van der Waals surface area contributed by atoms with Crippen molar-refractivity contribution in [3.05, 3.63) is 0 Å². The molecule has 4 N–H and O–H groups in total. The molecular weight excluding hydrogens is 288 g/mol. The molecule has 7 heteroatoms. The van der Waals surface area contributed by atoms with E-state index in [9.17, 15) is 4.79 Å². The Morgan fingerprint density at radius 3 is 2.76 bits per heavy atom. The Labute approximate surface area is 130 Å². The Kier molecular flexibility index (Phi) is 6.83. The van der Waals surface area contributed by atoms with Gasteiger partial charge in [0.2, 0.25) is 0 Å². The van der Waals surface area contributed by atoms with Crippen LogP contribution in [-0.4, -0.2) is 51.9 Å². The Morgan fingerprint density at radius 1 is 1.52 bits per heavy atom. The average molecular weight is 314 g/mol. The molecule has 1 fully saturated rings. The standard InChI is InChI=1S/C14H26N4O2S/c1-14(2,3)12(15)21-13(16)17-11(20)10-6-4-7-18(10)8-5-9-19/h10,15,19H,4-9H2,1-3H3,(H2,16,17,20). The van der Waals surface area contributed by atoms with Gasteiger partial charge in [0.1, 0.15) is 0 Å². The van der Waals surface area contributed by atoms with Gasteiger partial charge in [-0.15, -0.1) is 0 Å². The number of amidine groups is 1. The number of nitrogens with one attached hydrogen (secondary N) is 1. The first-order valence-corrected chi connectivity index (χ1v) is 8.07. The molecule has 0 radical (unpaired) electrons. The van der Waals surface area contributed by atoms with Gasteiger partial charge in [0, 0.05) is 18.6 Å². The largest absolute Gasteiger partial charge is 0.396 e. The number of aliphatic hydroxyl groups excluding tert-OH is 1. The van der Waals surface area contributed by atoms with Gasteiger partial charge in [0.25, 0.3) is 5.91 Å². The van der Waals surface area contributed by atoms with E-state index in [1.165, 1.54) is 0 Å². The van der Waals surface area contributed by atoms with Gasteiger partial charge in [-0.25, -0.2) is 0 Å². The molecule has 0 saturated carbocycles. The Bertz CT molecular complexity index is 418. The molecule has 1 unspecified atom stereocenters. The predicted molar refractivity (Wildman–Crippen MR) is 87.7 cm³/mol. The maximum atomic E-state index is 12.2. The molecule has 1 heterocycles. The van der Waals surface area contributed by atoms with Crippen LogP contribution in [0.15, 0.2) is 4.99 Å². The molecule has 0 aromatic carbocycles. The minimum absolute atomic E-state index is 0.126. The Hall–Kier alpha value is -0.920. The third kappa shape index (κ3) is 5.76. The van der Waals surface area contributed by atoms with Gasteiger partial charge in [-0.3, -0.25) is 15.1 Å². The second kappa shape index (κ2) is 7.91. The molecule has 0 aliphatic carbocycles. The molecule has 0 spiro atoms. The van der Waals surface area contributed by atoms with Gasteiger partial charge >= 0.3 is 0 Å². The number of carbonyl (C=O) groups is 1. The molecule has 1 saturated heterocycles. The van der Waals surface area contributed by atoms with Crippen molar-refractivity contribution in [2.24, 2.45) is 16.1 Å². The van der Waals surface area contributed by atoms with Crippen LogP contribution in [0.3, 0.4) is 0 Å². The maximum absolute atomic E-state index is 12.2. The summed E-state index contributed by atoms with van der Waals surface area (Å²) in [5.74, 6) is -0.239. The first kappa shape index (κ1) is 18.1. The van der Waals surface area contributed by atoms with E-state index in [1.807, 2.05) is 20.8 Å². The zero-order valence-electron chi connectivity index (χ0n) is 13.1. The van der Waals surface area contributed by atoms with Crippen molar-refractivity contribution in [3.63, 3.8) is 0 Å². The molecule has 0 aromatic rings. The van der Waals surface area contributed by atoms with Crippen LogP contribution >= 0.6 is 11.8 Å². The van der Waals surface area contributed by atoms with Crippen molar-refractivity contribution in [2.75, 3.05) is 19.7 Å². The van der Waals surface area contributed by atoms with Crippen molar-refractivity contribution >= 4 is 27.9 Å². The molecule has 1 amide bonds. The lowest BCUT2D eigenvalue weighted by Crippen LogP contribution is -2.37. The highest BCUT2D eigenvalue weighted by atomic mass is 32.2. The molecular formula is C14H26N4O2S. The van der Waals surface area contributed by atoms with Gasteiger partial charge in [-0.05, 0) is 37.6 Å². The van der Waals surface area contributed by atoms with Crippen LogP contribution < -0.4 is 5.73 Å². The van der Waals surface area contributed by atoms with Gasteiger partial charge in [0.05, 0.1) is 11.1 Å². The number of nitrogens with two attached hydrogens (primary N) is 1. The molecule has 21 heavy (non-hydrogen) atoms. The third-order valence-electron chi connectivity index (χ3n) is 3.36. The lowest BCUT2D eigenvalue weighted by Gasteiger charge is -2.21.